The van der Waals surface area contributed by atoms with Crippen molar-refractivity contribution in [3.63, 3.8) is 0 Å². The highest BCUT2D eigenvalue weighted by atomic mass is 79.9. The minimum Gasteiger partial charge on any atom is -0.365 e. The molecule has 0 fully saturated rings. The number of nitrogens with zero attached hydrogens (tertiary/aromatic N) is 1. The second-order valence-electron chi connectivity index (χ2n) is 4.82. The van der Waals surface area contributed by atoms with Crippen molar-refractivity contribution in [1.82, 2.24) is 0 Å². The molecule has 1 aliphatic heterocycles. The summed E-state index contributed by atoms with van der Waals surface area (Å²) in [6.45, 7) is 1.72. The summed E-state index contributed by atoms with van der Waals surface area (Å²) < 4.78 is 1.08. The van der Waals surface area contributed by atoms with Crippen molar-refractivity contribution in [3.8, 4) is 0 Å². The van der Waals surface area contributed by atoms with Crippen LogP contribution in [0.1, 0.15) is 17.2 Å². The van der Waals surface area contributed by atoms with E-state index < -0.39 is 0 Å². The standard InChI is InChI=1S/C15H14BrClN2/c16-11-3-6-15-13(7-11)14(18)9-19(15)8-10-1-4-12(17)5-2-10/h1-7,14H,8-9,18H2/t14-/m0/s1. The fourth-order valence-electron chi connectivity index (χ4n) is 2.50. The lowest BCUT2D eigenvalue weighted by molar-refractivity contribution is 0.720. The molecule has 2 aromatic rings. The SMILES string of the molecule is N[C@H]1CN(Cc2ccc(Cl)cc2)c2ccc(Br)cc21. The summed E-state index contributed by atoms with van der Waals surface area (Å²) >= 11 is 9.41. The number of anilines is 1. The van der Waals surface area contributed by atoms with Crippen LogP contribution in [-0.2, 0) is 6.54 Å². The Hall–Kier alpha value is -1.03. The van der Waals surface area contributed by atoms with Crippen LogP contribution in [0.3, 0.4) is 0 Å². The molecule has 0 bridgehead atoms. The zero-order valence-corrected chi connectivity index (χ0v) is 12.7. The van der Waals surface area contributed by atoms with E-state index in [9.17, 15) is 0 Å². The Bertz CT molecular complexity index is 598. The van der Waals surface area contributed by atoms with Gasteiger partial charge in [0.2, 0.25) is 0 Å². The van der Waals surface area contributed by atoms with Crippen molar-refractivity contribution in [2.75, 3.05) is 11.4 Å². The second-order valence-corrected chi connectivity index (χ2v) is 6.17. The first-order valence-corrected chi connectivity index (χ1v) is 7.35. The molecule has 1 aliphatic rings. The third-order valence-electron chi connectivity index (χ3n) is 3.43. The molecule has 0 amide bonds. The lowest BCUT2D eigenvalue weighted by atomic mass is 10.1. The third kappa shape index (κ3) is 2.64. The lowest BCUT2D eigenvalue weighted by Gasteiger charge is -2.19. The Labute approximate surface area is 126 Å². The number of halogens is 2. The summed E-state index contributed by atoms with van der Waals surface area (Å²) in [6, 6.07) is 14.4. The van der Waals surface area contributed by atoms with Gasteiger partial charge in [0, 0.05) is 34.3 Å². The lowest BCUT2D eigenvalue weighted by Crippen LogP contribution is -2.23. The highest BCUT2D eigenvalue weighted by Gasteiger charge is 2.25. The van der Waals surface area contributed by atoms with Crippen molar-refractivity contribution >= 4 is 33.2 Å². The van der Waals surface area contributed by atoms with Gasteiger partial charge in [0.25, 0.3) is 0 Å². The molecule has 0 saturated carbocycles. The fraction of sp³-hybridized carbons (Fsp3) is 0.200. The molecule has 19 heavy (non-hydrogen) atoms. The first-order chi connectivity index (χ1) is 9.13. The van der Waals surface area contributed by atoms with Crippen molar-refractivity contribution in [1.29, 1.82) is 0 Å². The van der Waals surface area contributed by atoms with Gasteiger partial charge in [-0.2, -0.15) is 0 Å². The monoisotopic (exact) mass is 336 g/mol. The Morgan fingerprint density at radius 3 is 2.68 bits per heavy atom. The summed E-state index contributed by atoms with van der Waals surface area (Å²) in [5, 5.41) is 0.770. The average molecular weight is 338 g/mol. The van der Waals surface area contributed by atoms with Crippen LogP contribution in [0.2, 0.25) is 5.02 Å². The minimum atomic E-state index is 0.0831. The van der Waals surface area contributed by atoms with Crippen LogP contribution < -0.4 is 10.6 Å². The number of fused-ring (bicyclic) bond motifs is 1. The molecule has 0 aromatic heterocycles. The first-order valence-electron chi connectivity index (χ1n) is 6.18. The number of benzene rings is 2. The Kier molecular flexibility index (Phi) is 3.52. The highest BCUT2D eigenvalue weighted by Crippen LogP contribution is 2.36. The molecular formula is C15H14BrClN2. The van der Waals surface area contributed by atoms with Crippen molar-refractivity contribution < 1.29 is 0 Å². The summed E-state index contributed by atoms with van der Waals surface area (Å²) in [7, 11) is 0. The average Bonchev–Trinajstić information content (AvgIpc) is 2.69. The predicted molar refractivity (Wildman–Crippen MR) is 83.6 cm³/mol. The zero-order valence-electron chi connectivity index (χ0n) is 10.3. The van der Waals surface area contributed by atoms with Crippen LogP contribution in [0.4, 0.5) is 5.69 Å². The zero-order chi connectivity index (χ0) is 13.4. The summed E-state index contributed by atoms with van der Waals surface area (Å²) in [5.41, 5.74) is 9.88. The molecule has 4 heteroatoms. The smallest absolute Gasteiger partial charge is 0.0494 e. The largest absolute Gasteiger partial charge is 0.365 e. The van der Waals surface area contributed by atoms with E-state index in [1.165, 1.54) is 16.8 Å². The molecule has 1 heterocycles. The van der Waals surface area contributed by atoms with Crippen LogP contribution in [0, 0.1) is 0 Å². The van der Waals surface area contributed by atoms with E-state index in [0.29, 0.717) is 0 Å². The molecule has 0 unspecified atom stereocenters. The van der Waals surface area contributed by atoms with Gasteiger partial charge in [-0.1, -0.05) is 39.7 Å². The van der Waals surface area contributed by atoms with E-state index in [-0.39, 0.29) is 6.04 Å². The molecule has 0 saturated heterocycles. The minimum absolute atomic E-state index is 0.0831. The second kappa shape index (κ2) is 5.16. The van der Waals surface area contributed by atoms with Gasteiger partial charge in [-0.25, -0.2) is 0 Å². The maximum Gasteiger partial charge on any atom is 0.0494 e. The molecule has 0 radical (unpaired) electrons. The quantitative estimate of drug-likeness (QED) is 0.893. The van der Waals surface area contributed by atoms with Gasteiger partial charge in [-0.3, -0.25) is 0 Å². The molecule has 0 aliphatic carbocycles. The van der Waals surface area contributed by atoms with Gasteiger partial charge in [0.15, 0.2) is 0 Å². The van der Waals surface area contributed by atoms with E-state index in [1.54, 1.807) is 0 Å². The van der Waals surface area contributed by atoms with E-state index >= 15 is 0 Å². The number of hydrogen-bond acceptors (Lipinski definition) is 2. The summed E-state index contributed by atoms with van der Waals surface area (Å²) in [4.78, 5) is 2.32. The van der Waals surface area contributed by atoms with Gasteiger partial charge in [-0.05, 0) is 41.5 Å². The van der Waals surface area contributed by atoms with Crippen LogP contribution in [0.5, 0.6) is 0 Å². The Balaban J connectivity index is 1.86. The van der Waals surface area contributed by atoms with E-state index in [4.69, 9.17) is 17.3 Å². The highest BCUT2D eigenvalue weighted by molar-refractivity contribution is 9.10. The number of rotatable bonds is 2. The molecule has 1 atom stereocenters. The topological polar surface area (TPSA) is 29.3 Å². The molecule has 3 rings (SSSR count). The van der Waals surface area contributed by atoms with Crippen LogP contribution in [0.25, 0.3) is 0 Å². The molecule has 2 N–H and O–H groups in total. The van der Waals surface area contributed by atoms with Crippen molar-refractivity contribution in [3.05, 3.63) is 63.1 Å². The van der Waals surface area contributed by atoms with Gasteiger partial charge in [0.05, 0.1) is 0 Å². The van der Waals surface area contributed by atoms with E-state index in [0.717, 1.165) is 22.6 Å². The van der Waals surface area contributed by atoms with Crippen LogP contribution in [-0.4, -0.2) is 6.54 Å². The summed E-state index contributed by atoms with van der Waals surface area (Å²) in [5.74, 6) is 0. The third-order valence-corrected chi connectivity index (χ3v) is 4.18. The molecule has 2 nitrogen and oxygen atoms in total. The maximum atomic E-state index is 6.20. The molecular weight excluding hydrogens is 324 g/mol. The van der Waals surface area contributed by atoms with Gasteiger partial charge in [0.1, 0.15) is 0 Å². The molecule has 98 valence electrons. The van der Waals surface area contributed by atoms with Gasteiger partial charge in [-0.15, -0.1) is 0 Å². The van der Waals surface area contributed by atoms with E-state index in [2.05, 4.69) is 51.2 Å². The van der Waals surface area contributed by atoms with Crippen molar-refractivity contribution in [2.24, 2.45) is 5.73 Å². The van der Waals surface area contributed by atoms with Crippen molar-refractivity contribution in [2.45, 2.75) is 12.6 Å². The fourth-order valence-corrected chi connectivity index (χ4v) is 3.01. The number of hydrogen-bond donors (Lipinski definition) is 1. The number of nitrogens with two attached hydrogens (primary N) is 1. The maximum absolute atomic E-state index is 6.20. The van der Waals surface area contributed by atoms with Gasteiger partial charge < -0.3 is 10.6 Å². The van der Waals surface area contributed by atoms with Crippen LogP contribution >= 0.6 is 27.5 Å². The molecule has 0 spiro atoms. The Morgan fingerprint density at radius 1 is 1.21 bits per heavy atom. The van der Waals surface area contributed by atoms with Crippen LogP contribution in [0.15, 0.2) is 46.9 Å². The van der Waals surface area contributed by atoms with E-state index in [1.807, 2.05) is 12.1 Å². The Morgan fingerprint density at radius 2 is 1.95 bits per heavy atom. The predicted octanol–water partition coefficient (Wildman–Crippen LogP) is 4.12. The molecule has 2 aromatic carbocycles. The summed E-state index contributed by atoms with van der Waals surface area (Å²) in [6.07, 6.45) is 0. The first kappa shape index (κ1) is 13.0. The van der Waals surface area contributed by atoms with Gasteiger partial charge >= 0.3 is 0 Å². The normalized spacial score (nSPS) is 17.6.